The van der Waals surface area contributed by atoms with Crippen LogP contribution in [0.4, 0.5) is 0 Å². The molecule has 120 valence electrons. The smallest absolute Gasteiger partial charge is 0.271 e. The molecule has 0 spiro atoms. The number of aromatic nitrogens is 2. The molecule has 3 rings (SSSR count). The van der Waals surface area contributed by atoms with E-state index >= 15 is 0 Å². The summed E-state index contributed by atoms with van der Waals surface area (Å²) in [7, 11) is 1.55. The molecular weight excluding hydrogens is 292 g/mol. The standard InChI is InChI=1S/C17H20N4O2/c1-11(12-6-4-3-5-7-12)21-15(17(23)19-13-8-9-13)10-14(20-21)16(22)18-2/h3-7,10-11,13H,8-9H2,1-2H3,(H,18,22)(H,19,23). The molecule has 6 heteroatoms. The number of rotatable bonds is 5. The van der Waals surface area contributed by atoms with Crippen LogP contribution in [0.25, 0.3) is 0 Å². The number of nitrogens with one attached hydrogen (secondary N) is 2. The van der Waals surface area contributed by atoms with Crippen LogP contribution in [0, 0.1) is 0 Å². The first kappa shape index (κ1) is 15.3. The molecule has 1 atom stereocenters. The lowest BCUT2D eigenvalue weighted by Crippen LogP contribution is -2.29. The lowest BCUT2D eigenvalue weighted by Gasteiger charge is -2.15. The third kappa shape index (κ3) is 3.26. The van der Waals surface area contributed by atoms with Crippen molar-refractivity contribution in [1.29, 1.82) is 0 Å². The van der Waals surface area contributed by atoms with Crippen molar-refractivity contribution in [3.8, 4) is 0 Å². The molecule has 1 aromatic heterocycles. The first-order valence-corrected chi connectivity index (χ1v) is 7.77. The highest BCUT2D eigenvalue weighted by Crippen LogP contribution is 2.22. The molecule has 2 N–H and O–H groups in total. The van der Waals surface area contributed by atoms with Crippen molar-refractivity contribution < 1.29 is 9.59 Å². The Morgan fingerprint density at radius 1 is 1.22 bits per heavy atom. The maximum Gasteiger partial charge on any atom is 0.271 e. The quantitative estimate of drug-likeness (QED) is 0.883. The van der Waals surface area contributed by atoms with E-state index in [-0.39, 0.29) is 29.6 Å². The predicted octanol–water partition coefficient (Wildman–Crippen LogP) is 1.74. The topological polar surface area (TPSA) is 76.0 Å². The molecule has 0 radical (unpaired) electrons. The fourth-order valence-corrected chi connectivity index (χ4v) is 2.46. The summed E-state index contributed by atoms with van der Waals surface area (Å²) in [5, 5.41) is 9.85. The SMILES string of the molecule is CNC(=O)c1cc(C(=O)NC2CC2)n(C(C)c2ccccc2)n1. The molecule has 0 aliphatic heterocycles. The lowest BCUT2D eigenvalue weighted by atomic mass is 10.1. The lowest BCUT2D eigenvalue weighted by molar-refractivity contribution is 0.0935. The van der Waals surface area contributed by atoms with Crippen LogP contribution in [0.5, 0.6) is 0 Å². The van der Waals surface area contributed by atoms with Gasteiger partial charge in [-0.1, -0.05) is 30.3 Å². The van der Waals surface area contributed by atoms with Gasteiger partial charge in [-0.3, -0.25) is 14.3 Å². The highest BCUT2D eigenvalue weighted by molar-refractivity contribution is 5.98. The third-order valence-electron chi connectivity index (χ3n) is 3.99. The third-order valence-corrected chi connectivity index (χ3v) is 3.99. The summed E-state index contributed by atoms with van der Waals surface area (Å²) in [6.07, 6.45) is 2.02. The Labute approximate surface area is 134 Å². The van der Waals surface area contributed by atoms with Gasteiger partial charge in [0.1, 0.15) is 5.69 Å². The van der Waals surface area contributed by atoms with Gasteiger partial charge in [-0.05, 0) is 25.3 Å². The van der Waals surface area contributed by atoms with Crippen LogP contribution >= 0.6 is 0 Å². The van der Waals surface area contributed by atoms with Gasteiger partial charge in [0.2, 0.25) is 0 Å². The molecule has 2 aromatic rings. The normalized spacial score (nSPS) is 15.0. The Morgan fingerprint density at radius 2 is 1.91 bits per heavy atom. The fourth-order valence-electron chi connectivity index (χ4n) is 2.46. The number of benzene rings is 1. The number of carbonyl (C=O) groups is 2. The van der Waals surface area contributed by atoms with Crippen LogP contribution in [0.15, 0.2) is 36.4 Å². The van der Waals surface area contributed by atoms with Crippen molar-refractivity contribution in [2.24, 2.45) is 0 Å². The number of nitrogens with zero attached hydrogens (tertiary/aromatic N) is 2. The molecule has 1 fully saturated rings. The molecule has 1 unspecified atom stereocenters. The second-order valence-corrected chi connectivity index (χ2v) is 5.77. The van der Waals surface area contributed by atoms with Crippen LogP contribution < -0.4 is 10.6 Å². The zero-order valence-electron chi connectivity index (χ0n) is 13.2. The molecule has 1 aliphatic carbocycles. The maximum absolute atomic E-state index is 12.5. The number of hydrogen-bond donors (Lipinski definition) is 2. The van der Waals surface area contributed by atoms with Gasteiger partial charge < -0.3 is 10.6 Å². The van der Waals surface area contributed by atoms with Gasteiger partial charge in [0.05, 0.1) is 6.04 Å². The minimum atomic E-state index is -0.301. The predicted molar refractivity (Wildman–Crippen MR) is 86.4 cm³/mol. The van der Waals surface area contributed by atoms with Gasteiger partial charge in [0.15, 0.2) is 5.69 Å². The summed E-state index contributed by atoms with van der Waals surface area (Å²) in [6.45, 7) is 1.96. The van der Waals surface area contributed by atoms with Crippen molar-refractivity contribution in [1.82, 2.24) is 20.4 Å². The van der Waals surface area contributed by atoms with Crippen LogP contribution in [0.1, 0.15) is 52.3 Å². The molecule has 1 saturated carbocycles. The number of carbonyl (C=O) groups excluding carboxylic acids is 2. The summed E-state index contributed by atoms with van der Waals surface area (Å²) in [4.78, 5) is 24.3. The second-order valence-electron chi connectivity index (χ2n) is 5.77. The largest absolute Gasteiger partial charge is 0.354 e. The molecule has 0 saturated heterocycles. The van der Waals surface area contributed by atoms with E-state index in [1.54, 1.807) is 17.8 Å². The van der Waals surface area contributed by atoms with Crippen molar-refractivity contribution >= 4 is 11.8 Å². The molecule has 6 nitrogen and oxygen atoms in total. The van der Waals surface area contributed by atoms with E-state index in [4.69, 9.17) is 0 Å². The van der Waals surface area contributed by atoms with Gasteiger partial charge in [0.25, 0.3) is 11.8 Å². The van der Waals surface area contributed by atoms with E-state index in [9.17, 15) is 9.59 Å². The van der Waals surface area contributed by atoms with Crippen molar-refractivity contribution in [2.45, 2.75) is 31.8 Å². The van der Waals surface area contributed by atoms with E-state index in [1.807, 2.05) is 37.3 Å². The number of hydrogen-bond acceptors (Lipinski definition) is 3. The highest BCUT2D eigenvalue weighted by atomic mass is 16.2. The zero-order chi connectivity index (χ0) is 16.4. The molecule has 1 aromatic carbocycles. The summed E-state index contributed by atoms with van der Waals surface area (Å²) in [5.74, 6) is -0.484. The minimum absolute atomic E-state index is 0.144. The van der Waals surface area contributed by atoms with Gasteiger partial charge in [-0.2, -0.15) is 5.10 Å². The molecule has 2 amide bonds. The maximum atomic E-state index is 12.5. The van der Waals surface area contributed by atoms with Crippen LogP contribution in [-0.2, 0) is 0 Å². The van der Waals surface area contributed by atoms with E-state index in [2.05, 4.69) is 15.7 Å². The summed E-state index contributed by atoms with van der Waals surface area (Å²) >= 11 is 0. The molecule has 0 bridgehead atoms. The Bertz CT molecular complexity index is 719. The molecular formula is C17H20N4O2. The average molecular weight is 312 g/mol. The zero-order valence-corrected chi connectivity index (χ0v) is 13.2. The van der Waals surface area contributed by atoms with Gasteiger partial charge >= 0.3 is 0 Å². The van der Waals surface area contributed by atoms with Crippen LogP contribution in [0.3, 0.4) is 0 Å². The van der Waals surface area contributed by atoms with Gasteiger partial charge in [0, 0.05) is 19.2 Å². The average Bonchev–Trinajstić information content (AvgIpc) is 3.28. The van der Waals surface area contributed by atoms with E-state index in [0.29, 0.717) is 5.69 Å². The first-order valence-electron chi connectivity index (χ1n) is 7.77. The Morgan fingerprint density at radius 3 is 2.52 bits per heavy atom. The van der Waals surface area contributed by atoms with Crippen molar-refractivity contribution in [3.63, 3.8) is 0 Å². The minimum Gasteiger partial charge on any atom is -0.354 e. The second kappa shape index (κ2) is 6.24. The molecule has 23 heavy (non-hydrogen) atoms. The van der Waals surface area contributed by atoms with E-state index < -0.39 is 0 Å². The summed E-state index contributed by atoms with van der Waals surface area (Å²) in [6, 6.07) is 11.4. The summed E-state index contributed by atoms with van der Waals surface area (Å²) < 4.78 is 1.62. The number of amides is 2. The first-order chi connectivity index (χ1) is 11.1. The fraction of sp³-hybridized carbons (Fsp3) is 0.353. The Kier molecular flexibility index (Phi) is 4.14. The summed E-state index contributed by atoms with van der Waals surface area (Å²) in [5.41, 5.74) is 1.68. The Hall–Kier alpha value is -2.63. The van der Waals surface area contributed by atoms with Crippen LogP contribution in [-0.4, -0.2) is 34.7 Å². The van der Waals surface area contributed by atoms with Gasteiger partial charge in [-0.15, -0.1) is 0 Å². The molecule has 1 aliphatic rings. The van der Waals surface area contributed by atoms with Gasteiger partial charge in [-0.25, -0.2) is 0 Å². The monoisotopic (exact) mass is 312 g/mol. The van der Waals surface area contributed by atoms with E-state index in [1.165, 1.54) is 0 Å². The van der Waals surface area contributed by atoms with Crippen molar-refractivity contribution in [3.05, 3.63) is 53.3 Å². The van der Waals surface area contributed by atoms with Crippen molar-refractivity contribution in [2.75, 3.05) is 7.05 Å². The van der Waals surface area contributed by atoms with E-state index in [0.717, 1.165) is 18.4 Å². The van der Waals surface area contributed by atoms with Crippen LogP contribution in [0.2, 0.25) is 0 Å². The molecule has 1 heterocycles. The Balaban J connectivity index is 1.97. The highest BCUT2D eigenvalue weighted by Gasteiger charge is 2.28.